The lowest BCUT2D eigenvalue weighted by atomic mass is 9.93. The van der Waals surface area contributed by atoms with Crippen LogP contribution in [0.25, 0.3) is 0 Å². The number of piperidine rings is 1. The van der Waals surface area contributed by atoms with Gasteiger partial charge >= 0.3 is 0 Å². The van der Waals surface area contributed by atoms with Crippen molar-refractivity contribution in [2.75, 3.05) is 19.8 Å². The molecule has 1 aliphatic heterocycles. The molecule has 2 aromatic rings. The Morgan fingerprint density at radius 3 is 2.73 bits per heavy atom. The number of aryl methyl sites for hydroxylation is 1. The molecule has 1 fully saturated rings. The maximum absolute atomic E-state index is 12.5. The molecule has 5 nitrogen and oxygen atoms in total. The number of benzene rings is 1. The molecule has 1 aliphatic rings. The summed E-state index contributed by atoms with van der Waals surface area (Å²) in [6.45, 7) is 4.19. The maximum atomic E-state index is 12.5. The molecule has 1 aromatic heterocycles. The first kappa shape index (κ1) is 19.3. The minimum Gasteiger partial charge on any atom is -0.618 e. The van der Waals surface area contributed by atoms with Crippen molar-refractivity contribution in [1.29, 1.82) is 0 Å². The van der Waals surface area contributed by atoms with Gasteiger partial charge in [0.2, 0.25) is 0 Å². The van der Waals surface area contributed by atoms with Crippen LogP contribution in [0.5, 0.6) is 0 Å². The van der Waals surface area contributed by atoms with Crippen LogP contribution < -0.4 is 10.0 Å². The van der Waals surface area contributed by atoms with Crippen LogP contribution in [0.2, 0.25) is 0 Å². The highest BCUT2D eigenvalue weighted by Crippen LogP contribution is 2.28. The zero-order valence-electron chi connectivity index (χ0n) is 14.5. The van der Waals surface area contributed by atoms with Crippen LogP contribution in [0.1, 0.15) is 40.4 Å². The van der Waals surface area contributed by atoms with Gasteiger partial charge in [0.05, 0.1) is 12.2 Å². The monoisotopic (exact) mass is 481 g/mol. The van der Waals surface area contributed by atoms with Gasteiger partial charge in [0.1, 0.15) is 0 Å². The van der Waals surface area contributed by atoms with Crippen LogP contribution >= 0.6 is 31.9 Å². The topological polar surface area (TPSA) is 59.3 Å². The quantitative estimate of drug-likeness (QED) is 0.533. The number of pyridine rings is 1. The van der Waals surface area contributed by atoms with Gasteiger partial charge in [0, 0.05) is 40.1 Å². The van der Waals surface area contributed by atoms with E-state index in [-0.39, 0.29) is 11.8 Å². The number of aromatic nitrogens is 1. The zero-order valence-corrected chi connectivity index (χ0v) is 17.7. The summed E-state index contributed by atoms with van der Waals surface area (Å²) in [6, 6.07) is 9.41. The van der Waals surface area contributed by atoms with Crippen molar-refractivity contribution < 1.29 is 9.52 Å². The second-order valence-corrected chi connectivity index (χ2v) is 8.26. The van der Waals surface area contributed by atoms with E-state index >= 15 is 0 Å². The lowest BCUT2D eigenvalue weighted by molar-refractivity contribution is -0.616. The number of nitrogens with zero attached hydrogens (tertiary/aromatic N) is 2. The molecule has 0 aliphatic carbocycles. The fraction of sp³-hybridized carbons (Fsp3) is 0.368. The standard InChI is InChI=1S/C19H21Br2N3O2/c1-13-10-15(18(21)16(20)11-13)19(25)22-12-23-8-5-14(6-9-23)17-4-2-3-7-24(17)26/h2-4,7,10-11,14H,5-6,8-9,12H2,1H3,(H,22,25). The van der Waals surface area contributed by atoms with Crippen LogP contribution in [-0.2, 0) is 0 Å². The third-order valence-corrected chi connectivity index (χ3v) is 6.75. The minimum atomic E-state index is -0.0937. The van der Waals surface area contributed by atoms with E-state index in [9.17, 15) is 10.0 Å². The van der Waals surface area contributed by atoms with E-state index in [1.165, 1.54) is 0 Å². The SMILES string of the molecule is Cc1cc(Br)c(Br)c(C(=O)NCN2CCC(c3cccc[n+]3[O-])CC2)c1. The molecule has 7 heteroatoms. The van der Waals surface area contributed by atoms with Gasteiger partial charge < -0.3 is 10.5 Å². The summed E-state index contributed by atoms with van der Waals surface area (Å²) in [5.41, 5.74) is 2.49. The minimum absolute atomic E-state index is 0.0937. The van der Waals surface area contributed by atoms with Crippen LogP contribution in [0.4, 0.5) is 0 Å². The van der Waals surface area contributed by atoms with Crippen molar-refractivity contribution in [3.05, 3.63) is 67.5 Å². The lowest BCUT2D eigenvalue weighted by Crippen LogP contribution is -2.43. The molecule has 0 spiro atoms. The number of nitrogens with one attached hydrogen (secondary N) is 1. The molecule has 1 amide bonds. The highest BCUT2D eigenvalue weighted by Gasteiger charge is 2.25. The van der Waals surface area contributed by atoms with Gasteiger partial charge in [-0.3, -0.25) is 9.69 Å². The smallest absolute Gasteiger partial charge is 0.253 e. The molecule has 26 heavy (non-hydrogen) atoms. The van der Waals surface area contributed by atoms with Crippen LogP contribution in [0.3, 0.4) is 0 Å². The molecule has 0 bridgehead atoms. The first-order valence-electron chi connectivity index (χ1n) is 8.60. The van der Waals surface area contributed by atoms with Gasteiger partial charge in [-0.15, -0.1) is 0 Å². The van der Waals surface area contributed by atoms with Crippen molar-refractivity contribution in [2.24, 2.45) is 0 Å². The summed E-state index contributed by atoms with van der Waals surface area (Å²) in [5, 5.41) is 14.9. The van der Waals surface area contributed by atoms with Crippen LogP contribution in [0, 0.1) is 12.1 Å². The Kier molecular flexibility index (Phi) is 6.32. The summed E-state index contributed by atoms with van der Waals surface area (Å²) in [6.07, 6.45) is 3.39. The molecular weight excluding hydrogens is 462 g/mol. The normalized spacial score (nSPS) is 15.8. The van der Waals surface area contributed by atoms with E-state index in [1.54, 1.807) is 12.3 Å². The highest BCUT2D eigenvalue weighted by atomic mass is 79.9. The zero-order chi connectivity index (χ0) is 18.7. The van der Waals surface area contributed by atoms with E-state index in [4.69, 9.17) is 0 Å². The van der Waals surface area contributed by atoms with Crippen molar-refractivity contribution >= 4 is 37.8 Å². The molecule has 0 saturated carbocycles. The van der Waals surface area contributed by atoms with Crippen molar-refractivity contribution in [3.8, 4) is 0 Å². The number of carbonyl (C=O) groups is 1. The summed E-state index contributed by atoms with van der Waals surface area (Å²) in [7, 11) is 0. The van der Waals surface area contributed by atoms with Gasteiger partial charge in [-0.1, -0.05) is 6.07 Å². The second kappa shape index (κ2) is 8.50. The third kappa shape index (κ3) is 4.45. The number of hydrogen-bond donors (Lipinski definition) is 1. The molecule has 1 saturated heterocycles. The fourth-order valence-corrected chi connectivity index (χ4v) is 4.30. The molecule has 0 unspecified atom stereocenters. The fourth-order valence-electron chi connectivity index (χ4n) is 3.31. The molecule has 1 aromatic carbocycles. The first-order valence-corrected chi connectivity index (χ1v) is 10.2. The molecule has 2 heterocycles. The molecule has 138 valence electrons. The van der Waals surface area contributed by atoms with E-state index in [0.717, 1.165) is 50.9 Å². The second-order valence-electron chi connectivity index (χ2n) is 6.62. The molecule has 0 radical (unpaired) electrons. The average Bonchev–Trinajstić information content (AvgIpc) is 2.63. The Hall–Kier alpha value is -1.44. The van der Waals surface area contributed by atoms with Crippen molar-refractivity contribution in [1.82, 2.24) is 10.2 Å². The molecule has 0 atom stereocenters. The van der Waals surface area contributed by atoms with E-state index in [1.807, 2.05) is 31.2 Å². The van der Waals surface area contributed by atoms with Gasteiger partial charge in [-0.2, -0.15) is 4.73 Å². The largest absolute Gasteiger partial charge is 0.618 e. The number of hydrogen-bond acceptors (Lipinski definition) is 3. The Morgan fingerprint density at radius 2 is 2.04 bits per heavy atom. The van der Waals surface area contributed by atoms with Gasteiger partial charge in [0.25, 0.3) is 5.91 Å². The van der Waals surface area contributed by atoms with E-state index in [2.05, 4.69) is 42.1 Å². The highest BCUT2D eigenvalue weighted by molar-refractivity contribution is 9.13. The number of likely N-dealkylation sites (tertiary alicyclic amines) is 1. The van der Waals surface area contributed by atoms with Gasteiger partial charge in [-0.05, 0) is 69.3 Å². The lowest BCUT2D eigenvalue weighted by Gasteiger charge is -2.31. The summed E-state index contributed by atoms with van der Waals surface area (Å²) in [4.78, 5) is 14.7. The molecule has 3 rings (SSSR count). The predicted octanol–water partition coefficient (Wildman–Crippen LogP) is 3.72. The predicted molar refractivity (Wildman–Crippen MR) is 108 cm³/mol. The number of amides is 1. The van der Waals surface area contributed by atoms with Crippen LogP contribution in [-0.4, -0.2) is 30.6 Å². The van der Waals surface area contributed by atoms with E-state index in [0.29, 0.717) is 12.2 Å². The first-order chi connectivity index (χ1) is 12.5. The third-order valence-electron chi connectivity index (χ3n) is 4.74. The summed E-state index contributed by atoms with van der Waals surface area (Å²) in [5.74, 6) is 0.186. The number of carbonyl (C=O) groups excluding carboxylic acids is 1. The van der Waals surface area contributed by atoms with Gasteiger partial charge in [-0.25, -0.2) is 0 Å². The Bertz CT molecular complexity index is 805. The summed E-state index contributed by atoms with van der Waals surface area (Å²) < 4.78 is 2.61. The Morgan fingerprint density at radius 1 is 1.31 bits per heavy atom. The Balaban J connectivity index is 1.54. The average molecular weight is 483 g/mol. The molecule has 1 N–H and O–H groups in total. The maximum Gasteiger partial charge on any atom is 0.253 e. The molecular formula is C19H21Br2N3O2. The van der Waals surface area contributed by atoms with Crippen molar-refractivity contribution in [2.45, 2.75) is 25.7 Å². The number of rotatable bonds is 4. The van der Waals surface area contributed by atoms with Gasteiger partial charge in [0.15, 0.2) is 11.9 Å². The van der Waals surface area contributed by atoms with Crippen molar-refractivity contribution in [3.63, 3.8) is 0 Å². The Labute approximate surface area is 170 Å². The van der Waals surface area contributed by atoms with E-state index < -0.39 is 0 Å². The van der Waals surface area contributed by atoms with Crippen LogP contribution in [0.15, 0.2) is 45.5 Å². The number of halogens is 2. The summed E-state index contributed by atoms with van der Waals surface area (Å²) >= 11 is 6.93.